The molecule has 0 unspecified atom stereocenters. The van der Waals surface area contributed by atoms with Gasteiger partial charge in [0, 0.05) is 36.4 Å². The van der Waals surface area contributed by atoms with Gasteiger partial charge in [-0.05, 0) is 80.6 Å². The molecule has 4 bridgehead atoms. The zero-order valence-corrected chi connectivity index (χ0v) is 34.1. The number of amides is 5. The van der Waals surface area contributed by atoms with Crippen molar-refractivity contribution in [1.82, 2.24) is 36.1 Å². The number of carbonyl (C=O) groups excluding carboxylic acids is 5. The number of phenols is 2. The highest BCUT2D eigenvalue weighted by Gasteiger charge is 2.36. The second-order valence-corrected chi connectivity index (χ2v) is 14.8. The van der Waals surface area contributed by atoms with Crippen LogP contribution >= 0.6 is 0 Å². The number of carbonyl (C=O) groups is 5. The van der Waals surface area contributed by atoms with Gasteiger partial charge in [-0.3, -0.25) is 24.0 Å². The maximum Gasteiger partial charge on any atom is 0.255 e. The lowest BCUT2D eigenvalue weighted by Crippen LogP contribution is -2.56. The predicted molar refractivity (Wildman–Crippen MR) is 223 cm³/mol. The molecule has 8 N–H and O–H groups in total. The third-order valence-corrected chi connectivity index (χ3v) is 10.4. The van der Waals surface area contributed by atoms with Gasteiger partial charge in [0.15, 0.2) is 5.82 Å². The predicted octanol–water partition coefficient (Wildman–Crippen LogP) is 3.10. The Balaban J connectivity index is 1.45. The zero-order chi connectivity index (χ0) is 43.5. The number of aryl methyl sites for hydroxylation is 2. The molecule has 0 aliphatic carbocycles. The van der Waals surface area contributed by atoms with Crippen molar-refractivity contribution in [2.24, 2.45) is 5.73 Å². The summed E-state index contributed by atoms with van der Waals surface area (Å²) in [6.07, 6.45) is 5.71. The van der Waals surface area contributed by atoms with Crippen LogP contribution in [0.4, 0.5) is 0 Å². The van der Waals surface area contributed by atoms with E-state index in [-0.39, 0.29) is 59.7 Å². The van der Waals surface area contributed by atoms with Gasteiger partial charge in [-0.25, -0.2) is 9.97 Å². The molecule has 4 aromatic rings. The summed E-state index contributed by atoms with van der Waals surface area (Å²) >= 11 is 0. The van der Waals surface area contributed by atoms with Crippen molar-refractivity contribution in [2.75, 3.05) is 20.1 Å². The molecule has 1 aliphatic rings. The number of unbranched alkanes of at least 4 members (excludes halogenated alkanes) is 2. The van der Waals surface area contributed by atoms with Crippen molar-refractivity contribution in [3.63, 3.8) is 0 Å². The average Bonchev–Trinajstić information content (AvgIpc) is 3.23. The number of nitrogens with two attached hydrogens (primary N) is 1. The molecule has 2 heterocycles. The smallest absolute Gasteiger partial charge is 0.255 e. The van der Waals surface area contributed by atoms with Gasteiger partial charge in [-0.2, -0.15) is 5.26 Å². The summed E-state index contributed by atoms with van der Waals surface area (Å²) in [5.74, 6) is -3.59. The van der Waals surface area contributed by atoms with E-state index in [1.54, 1.807) is 13.0 Å². The zero-order valence-electron chi connectivity index (χ0n) is 34.1. The van der Waals surface area contributed by atoms with Crippen LogP contribution in [0, 0.1) is 18.3 Å². The first kappa shape index (κ1) is 44.2. The normalized spacial score (nSPS) is 16.9. The van der Waals surface area contributed by atoms with Crippen LogP contribution in [0.25, 0.3) is 22.5 Å². The summed E-state index contributed by atoms with van der Waals surface area (Å²) in [4.78, 5) is 79.0. The van der Waals surface area contributed by atoms with E-state index in [1.807, 2.05) is 30.3 Å². The Kier molecular flexibility index (Phi) is 14.9. The number of fused-ring (bicyclic) bond motifs is 5. The molecule has 0 saturated heterocycles. The Bertz CT molecular complexity index is 2280. The number of nitrogens with zero attached hydrogens (tertiary/aromatic N) is 4. The summed E-state index contributed by atoms with van der Waals surface area (Å²) < 4.78 is 0. The van der Waals surface area contributed by atoms with Crippen molar-refractivity contribution in [1.29, 1.82) is 5.26 Å². The first-order valence-corrected chi connectivity index (χ1v) is 19.9. The second-order valence-electron chi connectivity index (χ2n) is 14.8. The summed E-state index contributed by atoms with van der Waals surface area (Å²) in [5.41, 5.74) is 9.39. The number of hydrogen-bond donors (Lipinski definition) is 7. The molecule has 0 spiro atoms. The number of aromatic nitrogens is 2. The Labute approximate surface area is 348 Å². The number of nitriles is 1. The lowest BCUT2D eigenvalue weighted by atomic mass is 9.93. The molecule has 314 valence electrons. The first-order valence-electron chi connectivity index (χ1n) is 19.9. The minimum atomic E-state index is -1.45. The van der Waals surface area contributed by atoms with Crippen LogP contribution in [0.2, 0.25) is 0 Å². The molecule has 1 aromatic heterocycles. The van der Waals surface area contributed by atoms with E-state index >= 15 is 0 Å². The fourth-order valence-corrected chi connectivity index (χ4v) is 7.03. The van der Waals surface area contributed by atoms with Crippen LogP contribution in [-0.2, 0) is 32.0 Å². The maximum absolute atomic E-state index is 14.4. The summed E-state index contributed by atoms with van der Waals surface area (Å²) in [6.45, 7) is 4.90. The highest BCUT2D eigenvalue weighted by Crippen LogP contribution is 2.39. The van der Waals surface area contributed by atoms with E-state index in [1.165, 1.54) is 56.1 Å². The van der Waals surface area contributed by atoms with Crippen LogP contribution in [0.15, 0.2) is 66.9 Å². The summed E-state index contributed by atoms with van der Waals surface area (Å²) in [5, 5.41) is 41.4. The summed E-state index contributed by atoms with van der Waals surface area (Å²) in [6, 6.07) is 13.3. The van der Waals surface area contributed by atoms with E-state index in [9.17, 15) is 34.2 Å². The largest absolute Gasteiger partial charge is 0.507 e. The van der Waals surface area contributed by atoms with Gasteiger partial charge in [0.25, 0.3) is 5.91 Å². The number of rotatable bonds is 13. The molecule has 0 fully saturated rings. The van der Waals surface area contributed by atoms with E-state index < -0.39 is 53.7 Å². The molecule has 16 heteroatoms. The van der Waals surface area contributed by atoms with Crippen molar-refractivity contribution >= 4 is 29.5 Å². The van der Waals surface area contributed by atoms with Crippen LogP contribution in [0.1, 0.15) is 78.3 Å². The lowest BCUT2D eigenvalue weighted by Gasteiger charge is -2.32. The molecule has 5 amide bonds. The first-order chi connectivity index (χ1) is 28.8. The van der Waals surface area contributed by atoms with Crippen molar-refractivity contribution in [3.8, 4) is 40.1 Å². The van der Waals surface area contributed by atoms with Crippen LogP contribution in [0.5, 0.6) is 11.5 Å². The minimum Gasteiger partial charge on any atom is -0.507 e. The number of phenolic OH excluding ortho intramolecular Hbond substituents is 2. The number of nitrogens with one attached hydrogen (secondary N) is 4. The Morgan fingerprint density at radius 3 is 2.37 bits per heavy atom. The van der Waals surface area contributed by atoms with Crippen molar-refractivity contribution in [3.05, 3.63) is 94.8 Å². The Morgan fingerprint density at radius 1 is 1.00 bits per heavy atom. The van der Waals surface area contributed by atoms with Crippen LogP contribution in [0.3, 0.4) is 0 Å². The fourth-order valence-electron chi connectivity index (χ4n) is 7.03. The van der Waals surface area contributed by atoms with Gasteiger partial charge in [-0.15, -0.1) is 0 Å². The Morgan fingerprint density at radius 2 is 1.70 bits per heavy atom. The van der Waals surface area contributed by atoms with E-state index in [0.717, 1.165) is 36.1 Å². The maximum atomic E-state index is 14.4. The fraction of sp³-hybridized carbons (Fsp3) is 0.364. The second kappa shape index (κ2) is 20.2. The van der Waals surface area contributed by atoms with Crippen molar-refractivity contribution < 1.29 is 34.2 Å². The van der Waals surface area contributed by atoms with Crippen molar-refractivity contribution in [2.45, 2.75) is 83.5 Å². The highest BCUT2D eigenvalue weighted by atomic mass is 16.3. The lowest BCUT2D eigenvalue weighted by molar-refractivity contribution is -0.141. The molecule has 60 heavy (non-hydrogen) atoms. The molecule has 1 aliphatic heterocycles. The standard InChI is InChI=1S/C44H51N9O7/c1-5-6-7-8-27-9-12-29(13-10-27)39-48-24-33(25(2)49-39)41(57)51-34(17-18-45)44(60)53(4)38-30-14-16-37(55)32(23-30)31-21-28(11-15-36(31)54)22-35(42(58)47-20-19-46)52-40(56)26(3)50-43(38)59/h9-16,21,23-24,26,34-35,38,54-55H,5-8,17-18,20,22,45H2,1-4H3,(H,47,58)(H,50,59)(H,51,57)(H,52,56)/t26-,34-,35-,38-/m0/s1. The van der Waals surface area contributed by atoms with E-state index in [2.05, 4.69) is 38.2 Å². The number of hydrogen-bond acceptors (Lipinski definition) is 11. The molecule has 16 nitrogen and oxygen atoms in total. The van der Waals surface area contributed by atoms with Gasteiger partial charge in [-0.1, -0.05) is 56.2 Å². The van der Waals surface area contributed by atoms with Gasteiger partial charge in [0.2, 0.25) is 23.6 Å². The quantitative estimate of drug-likeness (QED) is 0.0763. The van der Waals surface area contributed by atoms with Gasteiger partial charge in [0.1, 0.15) is 42.2 Å². The average molecular weight is 818 g/mol. The van der Waals surface area contributed by atoms with Crippen LogP contribution in [-0.4, -0.2) is 92.9 Å². The minimum absolute atomic E-state index is 0.0104. The highest BCUT2D eigenvalue weighted by molar-refractivity contribution is 6.00. The third-order valence-electron chi connectivity index (χ3n) is 10.4. The van der Waals surface area contributed by atoms with Gasteiger partial charge >= 0.3 is 0 Å². The van der Waals surface area contributed by atoms with E-state index in [4.69, 9.17) is 11.0 Å². The van der Waals surface area contributed by atoms with Crippen LogP contribution < -0.4 is 27.0 Å². The molecule has 0 radical (unpaired) electrons. The van der Waals surface area contributed by atoms with Gasteiger partial charge in [0.05, 0.1) is 17.3 Å². The molecule has 5 rings (SSSR count). The summed E-state index contributed by atoms with van der Waals surface area (Å²) in [7, 11) is 1.36. The molecule has 3 aromatic carbocycles. The third kappa shape index (κ3) is 10.6. The number of benzene rings is 3. The van der Waals surface area contributed by atoms with E-state index in [0.29, 0.717) is 17.1 Å². The van der Waals surface area contributed by atoms with Gasteiger partial charge < -0.3 is 42.1 Å². The monoisotopic (exact) mass is 817 g/mol. The SMILES string of the molecule is CCCCCc1ccc(-c2ncc(C(=O)N[C@@H](CCN)C(=O)N(C)[C@@H]3C(=O)N[C@@H](C)C(=O)N[C@H](C(=O)NCC#N)Cc4ccc(O)c(c4)-c4cc3ccc4O)c(C)n2)cc1. The number of likely N-dealkylation sites (N-methyl/N-ethyl adjacent to an activating group) is 1. The topological polar surface area (TPSA) is 253 Å². The molecule has 0 saturated carbocycles. The Hall–Kier alpha value is -6.86. The molecule has 4 atom stereocenters. The molecular formula is C44H51N9O7. The molecular weight excluding hydrogens is 767 g/mol. The number of aromatic hydroxyl groups is 2.